The molecule has 2 amide bonds. The number of anilines is 1. The fourth-order valence-electron chi connectivity index (χ4n) is 3.98. The van der Waals surface area contributed by atoms with Crippen molar-refractivity contribution in [3.63, 3.8) is 0 Å². The van der Waals surface area contributed by atoms with Gasteiger partial charge in [0.15, 0.2) is 0 Å². The first-order valence-corrected chi connectivity index (χ1v) is 13.6. The molecule has 0 saturated carbocycles. The molecule has 0 unspecified atom stereocenters. The van der Waals surface area contributed by atoms with Gasteiger partial charge in [-0.2, -0.15) is 0 Å². The molecule has 0 aliphatic carbocycles. The van der Waals surface area contributed by atoms with E-state index >= 15 is 0 Å². The lowest BCUT2D eigenvalue weighted by Crippen LogP contribution is -2.27. The van der Waals surface area contributed by atoms with E-state index in [1.807, 2.05) is 0 Å². The monoisotopic (exact) mass is 472 g/mol. The summed E-state index contributed by atoms with van der Waals surface area (Å²) in [5.41, 5.74) is 0.589. The predicted octanol–water partition coefficient (Wildman–Crippen LogP) is 8.55. The molecule has 1 aromatic rings. The fraction of sp³-hybridized carbons (Fsp3) is 0.655. The molecular weight excluding hydrogens is 424 g/mol. The highest BCUT2D eigenvalue weighted by atomic mass is 16.6. The number of carbonyl (C=O) groups excluding carboxylic acids is 2. The molecule has 0 spiro atoms. The average Bonchev–Trinajstić information content (AvgIpc) is 2.81. The van der Waals surface area contributed by atoms with E-state index in [0.717, 1.165) is 12.8 Å². The molecule has 5 nitrogen and oxygen atoms in total. The van der Waals surface area contributed by atoms with Crippen LogP contribution in [-0.2, 0) is 4.79 Å². The van der Waals surface area contributed by atoms with Crippen molar-refractivity contribution >= 4 is 17.7 Å². The summed E-state index contributed by atoms with van der Waals surface area (Å²) in [4.78, 5) is 23.6. The largest absolute Gasteiger partial charge is 0.412 e. The SMILES string of the molecule is C/C=C/C(=O)Nc1cccc(OC(=O)NCCCCCCCCCCCCCCCCCC)c1. The number of amides is 2. The van der Waals surface area contributed by atoms with Crippen molar-refractivity contribution < 1.29 is 14.3 Å². The molecule has 2 N–H and O–H groups in total. The second-order valence-electron chi connectivity index (χ2n) is 9.14. The minimum absolute atomic E-state index is 0.215. The zero-order valence-corrected chi connectivity index (χ0v) is 21.7. The molecule has 0 heterocycles. The van der Waals surface area contributed by atoms with Gasteiger partial charge in [0.05, 0.1) is 0 Å². The Bertz CT molecular complexity index is 688. The number of ether oxygens (including phenoxy) is 1. The average molecular weight is 473 g/mol. The van der Waals surface area contributed by atoms with Crippen LogP contribution in [0.25, 0.3) is 0 Å². The zero-order chi connectivity index (χ0) is 24.7. The van der Waals surface area contributed by atoms with Crippen molar-refractivity contribution in [2.24, 2.45) is 0 Å². The Balaban J connectivity index is 1.93. The van der Waals surface area contributed by atoms with Gasteiger partial charge in [-0.05, 0) is 31.6 Å². The van der Waals surface area contributed by atoms with Gasteiger partial charge in [0.1, 0.15) is 5.75 Å². The predicted molar refractivity (Wildman–Crippen MR) is 143 cm³/mol. The molecule has 0 atom stereocenters. The van der Waals surface area contributed by atoms with Crippen molar-refractivity contribution in [2.45, 2.75) is 117 Å². The summed E-state index contributed by atoms with van der Waals surface area (Å²) in [6, 6.07) is 6.82. The van der Waals surface area contributed by atoms with Gasteiger partial charge >= 0.3 is 6.09 Å². The van der Waals surface area contributed by atoms with Crippen molar-refractivity contribution in [1.29, 1.82) is 0 Å². The summed E-state index contributed by atoms with van der Waals surface area (Å²) < 4.78 is 5.31. The van der Waals surface area contributed by atoms with Gasteiger partial charge in [0.2, 0.25) is 5.91 Å². The first kappa shape index (κ1) is 29.7. The third-order valence-electron chi connectivity index (χ3n) is 5.93. The summed E-state index contributed by atoms with van der Waals surface area (Å²) >= 11 is 0. The second kappa shape index (κ2) is 21.2. The molecule has 34 heavy (non-hydrogen) atoms. The highest BCUT2D eigenvalue weighted by molar-refractivity contribution is 5.99. The number of carbonyl (C=O) groups is 2. The summed E-state index contributed by atoms with van der Waals surface area (Å²) in [6.45, 7) is 4.67. The Morgan fingerprint density at radius 1 is 0.794 bits per heavy atom. The van der Waals surface area contributed by atoms with Gasteiger partial charge in [-0.15, -0.1) is 0 Å². The molecule has 0 fully saturated rings. The lowest BCUT2D eigenvalue weighted by Gasteiger charge is -2.08. The van der Waals surface area contributed by atoms with Crippen molar-refractivity contribution in [3.8, 4) is 5.75 Å². The van der Waals surface area contributed by atoms with Crippen LogP contribution in [-0.4, -0.2) is 18.5 Å². The standard InChI is InChI=1S/C29H48N2O3/c1-3-5-6-7-8-9-10-11-12-13-14-15-16-17-18-19-24-30-29(33)34-27-23-20-22-26(25-27)31-28(32)21-4-2/h4,20-23,25H,3,5-19,24H2,1-2H3,(H,30,33)(H,31,32)/b21-4+. The number of unbranched alkanes of at least 4 members (excludes halogenated alkanes) is 15. The minimum atomic E-state index is -0.460. The van der Waals surface area contributed by atoms with Crippen molar-refractivity contribution in [3.05, 3.63) is 36.4 Å². The topological polar surface area (TPSA) is 67.4 Å². The van der Waals surface area contributed by atoms with E-state index in [2.05, 4.69) is 17.6 Å². The summed E-state index contributed by atoms with van der Waals surface area (Å²) in [5, 5.41) is 5.52. The molecule has 192 valence electrons. The summed E-state index contributed by atoms with van der Waals surface area (Å²) in [5.74, 6) is 0.190. The lowest BCUT2D eigenvalue weighted by atomic mass is 10.0. The van der Waals surface area contributed by atoms with E-state index in [1.165, 1.54) is 96.0 Å². The second-order valence-corrected chi connectivity index (χ2v) is 9.14. The van der Waals surface area contributed by atoms with Crippen LogP contribution in [0.2, 0.25) is 0 Å². The van der Waals surface area contributed by atoms with E-state index in [1.54, 1.807) is 37.3 Å². The Hall–Kier alpha value is -2.30. The van der Waals surface area contributed by atoms with E-state index < -0.39 is 6.09 Å². The van der Waals surface area contributed by atoms with E-state index in [4.69, 9.17) is 4.74 Å². The highest BCUT2D eigenvalue weighted by Gasteiger charge is 2.05. The Morgan fingerprint density at radius 3 is 1.85 bits per heavy atom. The first-order valence-electron chi connectivity index (χ1n) is 13.6. The van der Waals surface area contributed by atoms with Gasteiger partial charge in [-0.1, -0.05) is 115 Å². The Morgan fingerprint density at radius 2 is 1.32 bits per heavy atom. The highest BCUT2D eigenvalue weighted by Crippen LogP contribution is 2.18. The Labute approximate surface area is 208 Å². The number of rotatable bonds is 20. The third-order valence-corrected chi connectivity index (χ3v) is 5.93. The fourth-order valence-corrected chi connectivity index (χ4v) is 3.98. The number of hydrogen-bond donors (Lipinski definition) is 2. The van der Waals surface area contributed by atoms with Crippen LogP contribution in [0.4, 0.5) is 10.5 Å². The van der Waals surface area contributed by atoms with Gasteiger partial charge < -0.3 is 15.4 Å². The first-order chi connectivity index (χ1) is 16.7. The summed E-state index contributed by atoms with van der Waals surface area (Å²) in [6.07, 6.45) is 24.0. The van der Waals surface area contributed by atoms with Crippen LogP contribution >= 0.6 is 0 Å². The molecular formula is C29H48N2O3. The molecule has 5 heteroatoms. The minimum Gasteiger partial charge on any atom is -0.410 e. The maximum absolute atomic E-state index is 12.0. The Kier molecular flexibility index (Phi) is 18.6. The lowest BCUT2D eigenvalue weighted by molar-refractivity contribution is -0.111. The van der Waals surface area contributed by atoms with Gasteiger partial charge in [-0.3, -0.25) is 4.79 Å². The van der Waals surface area contributed by atoms with E-state index in [0.29, 0.717) is 18.0 Å². The van der Waals surface area contributed by atoms with Crippen molar-refractivity contribution in [2.75, 3.05) is 11.9 Å². The van der Waals surface area contributed by atoms with Crippen LogP contribution < -0.4 is 15.4 Å². The maximum atomic E-state index is 12.0. The molecule has 0 saturated heterocycles. The smallest absolute Gasteiger partial charge is 0.410 e. The van der Waals surface area contributed by atoms with Gasteiger partial charge in [-0.25, -0.2) is 4.79 Å². The van der Waals surface area contributed by atoms with E-state index in [9.17, 15) is 9.59 Å². The normalized spacial score (nSPS) is 11.0. The van der Waals surface area contributed by atoms with E-state index in [-0.39, 0.29) is 5.91 Å². The number of hydrogen-bond acceptors (Lipinski definition) is 3. The maximum Gasteiger partial charge on any atom is 0.412 e. The van der Waals surface area contributed by atoms with Crippen LogP contribution in [0.15, 0.2) is 36.4 Å². The van der Waals surface area contributed by atoms with Crippen LogP contribution in [0.3, 0.4) is 0 Å². The van der Waals surface area contributed by atoms with Gasteiger partial charge in [0.25, 0.3) is 0 Å². The number of allylic oxidation sites excluding steroid dienone is 1. The molecule has 0 aliphatic heterocycles. The molecule has 0 aliphatic rings. The van der Waals surface area contributed by atoms with Crippen LogP contribution in [0, 0.1) is 0 Å². The number of nitrogens with one attached hydrogen (secondary N) is 2. The van der Waals surface area contributed by atoms with Crippen molar-refractivity contribution in [1.82, 2.24) is 5.32 Å². The molecule has 1 aromatic carbocycles. The molecule has 0 radical (unpaired) electrons. The van der Waals surface area contributed by atoms with Crippen LogP contribution in [0.5, 0.6) is 5.75 Å². The summed E-state index contributed by atoms with van der Waals surface area (Å²) in [7, 11) is 0. The quantitative estimate of drug-likeness (QED) is 0.147. The zero-order valence-electron chi connectivity index (χ0n) is 21.7. The molecule has 0 bridgehead atoms. The van der Waals surface area contributed by atoms with Gasteiger partial charge in [0, 0.05) is 18.3 Å². The van der Waals surface area contributed by atoms with Crippen LogP contribution in [0.1, 0.15) is 117 Å². The molecule has 1 rings (SSSR count). The third kappa shape index (κ3) is 17.2. The number of benzene rings is 1. The molecule has 0 aromatic heterocycles.